The van der Waals surface area contributed by atoms with Crippen molar-refractivity contribution in [2.45, 2.75) is 25.6 Å². The van der Waals surface area contributed by atoms with Crippen molar-refractivity contribution in [1.82, 2.24) is 9.78 Å². The second-order valence-corrected chi connectivity index (χ2v) is 4.93. The van der Waals surface area contributed by atoms with Crippen LogP contribution in [0.3, 0.4) is 0 Å². The van der Waals surface area contributed by atoms with E-state index in [0.29, 0.717) is 16.8 Å². The first-order valence-corrected chi connectivity index (χ1v) is 6.43. The lowest BCUT2D eigenvalue weighted by Gasteiger charge is -2.06. The molecule has 1 aromatic carbocycles. The lowest BCUT2D eigenvalue weighted by atomic mass is 10.1. The molecule has 0 saturated heterocycles. The summed E-state index contributed by atoms with van der Waals surface area (Å²) < 4.78 is 1.80. The van der Waals surface area contributed by atoms with Gasteiger partial charge < -0.3 is 0 Å². The number of nitrogens with zero attached hydrogens (tertiary/aromatic N) is 2. The maximum Gasteiger partial charge on any atom is 0.0832 e. The van der Waals surface area contributed by atoms with E-state index in [1.807, 2.05) is 30.5 Å². The van der Waals surface area contributed by atoms with Crippen molar-refractivity contribution in [3.05, 3.63) is 46.7 Å². The van der Waals surface area contributed by atoms with E-state index in [4.69, 9.17) is 23.2 Å². The predicted molar refractivity (Wildman–Crippen MR) is 72.2 cm³/mol. The SMILES string of the molecule is CC(C)c1ccn(-c2ccc(CCl)cc2Cl)n1. The van der Waals surface area contributed by atoms with Crippen LogP contribution in [0.15, 0.2) is 30.5 Å². The van der Waals surface area contributed by atoms with Gasteiger partial charge in [0.15, 0.2) is 0 Å². The van der Waals surface area contributed by atoms with Crippen molar-refractivity contribution in [1.29, 1.82) is 0 Å². The van der Waals surface area contributed by atoms with E-state index in [1.165, 1.54) is 0 Å². The smallest absolute Gasteiger partial charge is 0.0832 e. The number of hydrogen-bond donors (Lipinski definition) is 0. The molecule has 4 heteroatoms. The van der Waals surface area contributed by atoms with Gasteiger partial charge in [0.2, 0.25) is 0 Å². The average molecular weight is 269 g/mol. The maximum absolute atomic E-state index is 6.21. The molecule has 0 aliphatic heterocycles. The summed E-state index contributed by atoms with van der Waals surface area (Å²) in [5.74, 6) is 0.883. The Labute approximate surface area is 111 Å². The summed E-state index contributed by atoms with van der Waals surface area (Å²) in [7, 11) is 0. The van der Waals surface area contributed by atoms with Gasteiger partial charge >= 0.3 is 0 Å². The number of rotatable bonds is 3. The van der Waals surface area contributed by atoms with Crippen LogP contribution in [-0.4, -0.2) is 9.78 Å². The van der Waals surface area contributed by atoms with E-state index >= 15 is 0 Å². The van der Waals surface area contributed by atoms with Crippen molar-refractivity contribution >= 4 is 23.2 Å². The van der Waals surface area contributed by atoms with Crippen LogP contribution in [-0.2, 0) is 5.88 Å². The highest BCUT2D eigenvalue weighted by atomic mass is 35.5. The second kappa shape index (κ2) is 5.11. The molecule has 2 rings (SSSR count). The van der Waals surface area contributed by atoms with E-state index < -0.39 is 0 Å². The molecule has 0 atom stereocenters. The Morgan fingerprint density at radius 1 is 1.29 bits per heavy atom. The normalized spacial score (nSPS) is 11.1. The van der Waals surface area contributed by atoms with Crippen molar-refractivity contribution in [3.8, 4) is 5.69 Å². The fourth-order valence-electron chi connectivity index (χ4n) is 1.60. The highest BCUT2D eigenvalue weighted by Crippen LogP contribution is 2.23. The summed E-state index contributed by atoms with van der Waals surface area (Å²) in [6, 6.07) is 7.79. The van der Waals surface area contributed by atoms with Crippen LogP contribution in [0.4, 0.5) is 0 Å². The fourth-order valence-corrected chi connectivity index (χ4v) is 2.06. The minimum absolute atomic E-state index is 0.414. The first-order chi connectivity index (χ1) is 8.11. The number of benzene rings is 1. The highest BCUT2D eigenvalue weighted by molar-refractivity contribution is 6.32. The Morgan fingerprint density at radius 3 is 2.59 bits per heavy atom. The molecule has 0 saturated carbocycles. The van der Waals surface area contributed by atoms with Crippen molar-refractivity contribution < 1.29 is 0 Å². The zero-order chi connectivity index (χ0) is 12.4. The van der Waals surface area contributed by atoms with Gasteiger partial charge in [0.25, 0.3) is 0 Å². The van der Waals surface area contributed by atoms with Crippen LogP contribution < -0.4 is 0 Å². The minimum atomic E-state index is 0.414. The third-order valence-electron chi connectivity index (χ3n) is 2.61. The number of aromatic nitrogens is 2. The summed E-state index contributed by atoms with van der Waals surface area (Å²) in [5.41, 5.74) is 2.95. The molecule has 0 fully saturated rings. The Kier molecular flexibility index (Phi) is 3.75. The summed E-state index contributed by atoms with van der Waals surface area (Å²) in [6.45, 7) is 4.23. The Morgan fingerprint density at radius 2 is 2.06 bits per heavy atom. The summed E-state index contributed by atoms with van der Waals surface area (Å²) in [5, 5.41) is 5.16. The zero-order valence-corrected chi connectivity index (χ0v) is 11.3. The van der Waals surface area contributed by atoms with Crippen molar-refractivity contribution in [2.75, 3.05) is 0 Å². The molecule has 17 heavy (non-hydrogen) atoms. The lowest BCUT2D eigenvalue weighted by molar-refractivity contribution is 0.768. The molecule has 0 amide bonds. The topological polar surface area (TPSA) is 17.8 Å². The zero-order valence-electron chi connectivity index (χ0n) is 9.82. The molecule has 2 nitrogen and oxygen atoms in total. The molecular formula is C13H14Cl2N2. The van der Waals surface area contributed by atoms with Crippen LogP contribution in [0.5, 0.6) is 0 Å². The molecule has 0 bridgehead atoms. The van der Waals surface area contributed by atoms with Gasteiger partial charge in [-0.15, -0.1) is 11.6 Å². The number of hydrogen-bond acceptors (Lipinski definition) is 1. The van der Waals surface area contributed by atoms with E-state index in [-0.39, 0.29) is 0 Å². The van der Waals surface area contributed by atoms with E-state index in [2.05, 4.69) is 18.9 Å². The molecule has 1 aromatic heterocycles. The highest BCUT2D eigenvalue weighted by Gasteiger charge is 2.08. The molecule has 0 aliphatic rings. The van der Waals surface area contributed by atoms with Gasteiger partial charge in [-0.2, -0.15) is 5.10 Å². The van der Waals surface area contributed by atoms with Crippen LogP contribution in [0.25, 0.3) is 5.69 Å². The van der Waals surface area contributed by atoms with Gasteiger partial charge in [0.1, 0.15) is 0 Å². The average Bonchev–Trinajstić information content (AvgIpc) is 2.78. The summed E-state index contributed by atoms with van der Waals surface area (Å²) in [4.78, 5) is 0. The lowest BCUT2D eigenvalue weighted by Crippen LogP contribution is -1.98. The van der Waals surface area contributed by atoms with Crippen molar-refractivity contribution in [2.24, 2.45) is 0 Å². The predicted octanol–water partition coefficient (Wildman–Crippen LogP) is 4.39. The third-order valence-corrected chi connectivity index (χ3v) is 3.23. The standard InChI is InChI=1S/C13H14Cl2N2/c1-9(2)12-5-6-17(16-12)13-4-3-10(8-14)7-11(13)15/h3-7,9H,8H2,1-2H3. The fraction of sp³-hybridized carbons (Fsp3) is 0.308. The molecule has 90 valence electrons. The van der Waals surface area contributed by atoms with E-state index in [1.54, 1.807) is 4.68 Å². The van der Waals surface area contributed by atoms with Gasteiger partial charge in [0.05, 0.1) is 16.4 Å². The van der Waals surface area contributed by atoms with Gasteiger partial charge in [-0.1, -0.05) is 31.5 Å². The van der Waals surface area contributed by atoms with Crippen LogP contribution in [0.2, 0.25) is 5.02 Å². The van der Waals surface area contributed by atoms with Crippen LogP contribution >= 0.6 is 23.2 Å². The molecule has 1 heterocycles. The Balaban J connectivity index is 2.38. The summed E-state index contributed by atoms with van der Waals surface area (Å²) in [6.07, 6.45) is 1.93. The molecule has 2 aromatic rings. The van der Waals surface area contributed by atoms with Crippen LogP contribution in [0, 0.1) is 0 Å². The second-order valence-electron chi connectivity index (χ2n) is 4.26. The largest absolute Gasteiger partial charge is 0.239 e. The van der Waals surface area contributed by atoms with Gasteiger partial charge in [-0.05, 0) is 29.7 Å². The molecule has 0 N–H and O–H groups in total. The molecule has 0 radical (unpaired) electrons. The van der Waals surface area contributed by atoms with E-state index in [9.17, 15) is 0 Å². The first kappa shape index (κ1) is 12.5. The Bertz CT molecular complexity index is 518. The first-order valence-electron chi connectivity index (χ1n) is 5.52. The van der Waals surface area contributed by atoms with Gasteiger partial charge in [-0.25, -0.2) is 4.68 Å². The third kappa shape index (κ3) is 2.64. The monoisotopic (exact) mass is 268 g/mol. The Hall–Kier alpha value is -0.990. The van der Waals surface area contributed by atoms with Crippen LogP contribution in [0.1, 0.15) is 31.0 Å². The quantitative estimate of drug-likeness (QED) is 0.756. The maximum atomic E-state index is 6.21. The minimum Gasteiger partial charge on any atom is -0.239 e. The van der Waals surface area contributed by atoms with E-state index in [0.717, 1.165) is 16.9 Å². The summed E-state index contributed by atoms with van der Waals surface area (Å²) >= 11 is 12.0. The molecule has 0 spiro atoms. The van der Waals surface area contributed by atoms with Gasteiger partial charge in [0, 0.05) is 12.1 Å². The molecular weight excluding hydrogens is 255 g/mol. The molecule has 0 aliphatic carbocycles. The van der Waals surface area contributed by atoms with Crippen molar-refractivity contribution in [3.63, 3.8) is 0 Å². The van der Waals surface area contributed by atoms with Gasteiger partial charge in [-0.3, -0.25) is 0 Å². The number of alkyl halides is 1. The molecule has 0 unspecified atom stereocenters. The number of halogens is 2.